The van der Waals surface area contributed by atoms with Gasteiger partial charge in [-0.15, -0.1) is 23.7 Å². The molecule has 7 nitrogen and oxygen atoms in total. The third-order valence-corrected chi connectivity index (χ3v) is 8.09. The first-order chi connectivity index (χ1) is 13.9. The molecule has 0 saturated heterocycles. The number of hydrogen-bond acceptors (Lipinski definition) is 6. The topological polar surface area (TPSA) is 82.6 Å². The lowest BCUT2D eigenvalue weighted by molar-refractivity contribution is 0.102. The zero-order valence-electron chi connectivity index (χ0n) is 17.6. The number of fused-ring (bicyclic) bond motifs is 1. The van der Waals surface area contributed by atoms with Gasteiger partial charge < -0.3 is 0 Å². The maximum atomic E-state index is 12.6. The zero-order valence-corrected chi connectivity index (χ0v) is 20.0. The lowest BCUT2D eigenvalue weighted by atomic mass is 10.2. The lowest BCUT2D eigenvalue weighted by Crippen LogP contribution is -2.30. The fraction of sp³-hybridized carbons (Fsp3) is 0.500. The number of hydrogen-bond donors (Lipinski definition) is 1. The first-order valence-electron chi connectivity index (χ1n) is 10.0. The fourth-order valence-corrected chi connectivity index (χ4v) is 5.97. The van der Waals surface area contributed by atoms with Gasteiger partial charge in [0.2, 0.25) is 10.0 Å². The normalized spacial score (nSPS) is 14.3. The molecule has 0 aliphatic carbocycles. The summed E-state index contributed by atoms with van der Waals surface area (Å²) in [5, 5.41) is 3.45. The van der Waals surface area contributed by atoms with Gasteiger partial charge in [-0.05, 0) is 37.2 Å². The van der Waals surface area contributed by atoms with Crippen LogP contribution in [-0.2, 0) is 23.0 Å². The Morgan fingerprint density at radius 2 is 1.87 bits per heavy atom. The molecule has 1 aliphatic rings. The van der Waals surface area contributed by atoms with E-state index < -0.39 is 10.0 Å². The number of carbonyl (C=O) groups excluding carboxylic acids is 1. The van der Waals surface area contributed by atoms with Gasteiger partial charge in [0.25, 0.3) is 5.91 Å². The summed E-state index contributed by atoms with van der Waals surface area (Å²) in [6, 6.07) is 6.06. The second kappa shape index (κ2) is 10.7. The predicted octanol–water partition coefficient (Wildman–Crippen LogP) is 3.62. The highest BCUT2D eigenvalue weighted by Crippen LogP contribution is 2.28. The summed E-state index contributed by atoms with van der Waals surface area (Å²) in [6.07, 6.45) is 2.03. The molecule has 10 heteroatoms. The summed E-state index contributed by atoms with van der Waals surface area (Å²) in [4.78, 5) is 21.0. The Morgan fingerprint density at radius 3 is 2.47 bits per heavy atom. The van der Waals surface area contributed by atoms with Crippen LogP contribution in [0.5, 0.6) is 0 Å². The molecule has 1 amide bonds. The Labute approximate surface area is 189 Å². The van der Waals surface area contributed by atoms with E-state index in [1.165, 1.54) is 32.7 Å². The molecule has 1 aromatic carbocycles. The van der Waals surface area contributed by atoms with E-state index in [4.69, 9.17) is 0 Å². The van der Waals surface area contributed by atoms with Crippen molar-refractivity contribution in [2.24, 2.45) is 0 Å². The van der Waals surface area contributed by atoms with Crippen molar-refractivity contribution >= 4 is 44.8 Å². The van der Waals surface area contributed by atoms with Gasteiger partial charge >= 0.3 is 0 Å². The maximum Gasteiger partial charge on any atom is 0.257 e. The van der Waals surface area contributed by atoms with Gasteiger partial charge in [-0.3, -0.25) is 15.0 Å². The summed E-state index contributed by atoms with van der Waals surface area (Å²) in [6.45, 7) is 9.55. The monoisotopic (exact) mass is 472 g/mol. The van der Waals surface area contributed by atoms with Gasteiger partial charge in [0.15, 0.2) is 5.13 Å². The third kappa shape index (κ3) is 5.39. The molecule has 2 heterocycles. The van der Waals surface area contributed by atoms with Crippen LogP contribution >= 0.6 is 23.7 Å². The van der Waals surface area contributed by atoms with E-state index in [9.17, 15) is 13.2 Å². The van der Waals surface area contributed by atoms with Crippen molar-refractivity contribution in [1.82, 2.24) is 14.2 Å². The Balaban J connectivity index is 0.00000320. The first-order valence-corrected chi connectivity index (χ1v) is 12.3. The van der Waals surface area contributed by atoms with Crippen LogP contribution in [0.4, 0.5) is 5.13 Å². The largest absolute Gasteiger partial charge is 0.298 e. The summed E-state index contributed by atoms with van der Waals surface area (Å²) < 4.78 is 26.5. The van der Waals surface area contributed by atoms with Gasteiger partial charge in [-0.25, -0.2) is 13.4 Å². The molecule has 1 N–H and O–H groups in total. The van der Waals surface area contributed by atoms with E-state index in [0.29, 0.717) is 23.8 Å². The number of nitrogens with one attached hydrogen (secondary N) is 1. The standard InChI is InChI=1S/C20H28N4O3S2.ClH/c1-4-12-23-13-11-17-18(14-23)28-20(21-17)22-19(25)15-7-9-16(10-8-15)29(26,27)24(5-2)6-3;/h7-10H,4-6,11-14H2,1-3H3,(H,21,22,25);1H. The van der Waals surface area contributed by atoms with Crippen LogP contribution in [0.25, 0.3) is 0 Å². The van der Waals surface area contributed by atoms with Crippen LogP contribution in [0.15, 0.2) is 29.2 Å². The minimum atomic E-state index is -3.53. The van der Waals surface area contributed by atoms with E-state index in [2.05, 4.69) is 22.1 Å². The Hall–Kier alpha value is -1.52. The Bertz CT molecular complexity index is 957. The van der Waals surface area contributed by atoms with Gasteiger partial charge in [-0.1, -0.05) is 20.8 Å². The number of nitrogens with zero attached hydrogens (tertiary/aromatic N) is 3. The average molecular weight is 473 g/mol. The van der Waals surface area contributed by atoms with Crippen LogP contribution in [0.2, 0.25) is 0 Å². The number of sulfonamides is 1. The minimum Gasteiger partial charge on any atom is -0.298 e. The summed E-state index contributed by atoms with van der Waals surface area (Å²) in [5.74, 6) is -0.284. The van der Waals surface area contributed by atoms with Gasteiger partial charge in [0.05, 0.1) is 10.6 Å². The number of anilines is 1. The molecular weight excluding hydrogens is 444 g/mol. The second-order valence-electron chi connectivity index (χ2n) is 6.98. The van der Waals surface area contributed by atoms with Crippen LogP contribution < -0.4 is 5.32 Å². The molecule has 0 saturated carbocycles. The predicted molar refractivity (Wildman–Crippen MR) is 123 cm³/mol. The number of rotatable bonds is 8. The SMILES string of the molecule is CCCN1CCc2nc(NC(=O)c3ccc(S(=O)(=O)N(CC)CC)cc3)sc2C1.Cl. The highest BCUT2D eigenvalue weighted by atomic mass is 35.5. The molecule has 2 aromatic rings. The van der Waals surface area contributed by atoms with Crippen LogP contribution in [0.1, 0.15) is 48.1 Å². The average Bonchev–Trinajstić information content (AvgIpc) is 3.10. The molecule has 1 aromatic heterocycles. The number of aromatic nitrogens is 1. The minimum absolute atomic E-state index is 0. The Morgan fingerprint density at radius 1 is 1.20 bits per heavy atom. The van der Waals surface area contributed by atoms with Crippen molar-refractivity contribution < 1.29 is 13.2 Å². The molecule has 0 spiro atoms. The highest BCUT2D eigenvalue weighted by molar-refractivity contribution is 7.89. The van der Waals surface area contributed by atoms with Crippen molar-refractivity contribution in [3.63, 3.8) is 0 Å². The van der Waals surface area contributed by atoms with Crippen molar-refractivity contribution in [2.45, 2.75) is 45.1 Å². The zero-order chi connectivity index (χ0) is 21.0. The molecule has 0 unspecified atom stereocenters. The summed E-state index contributed by atoms with van der Waals surface area (Å²) >= 11 is 1.52. The molecule has 3 rings (SSSR count). The Kier molecular flexibility index (Phi) is 8.81. The fourth-order valence-electron chi connectivity index (χ4n) is 3.47. The van der Waals surface area contributed by atoms with Gasteiger partial charge in [0, 0.05) is 43.0 Å². The van der Waals surface area contributed by atoms with E-state index in [-0.39, 0.29) is 23.2 Å². The number of thiazole rings is 1. The van der Waals surface area contributed by atoms with E-state index in [1.54, 1.807) is 26.0 Å². The highest BCUT2D eigenvalue weighted by Gasteiger charge is 2.23. The third-order valence-electron chi connectivity index (χ3n) is 5.03. The number of benzene rings is 1. The van der Waals surface area contributed by atoms with Crippen molar-refractivity contribution in [3.05, 3.63) is 40.4 Å². The molecule has 0 atom stereocenters. The molecule has 30 heavy (non-hydrogen) atoms. The van der Waals surface area contributed by atoms with E-state index >= 15 is 0 Å². The van der Waals surface area contributed by atoms with Gasteiger partial charge in [0.1, 0.15) is 0 Å². The van der Waals surface area contributed by atoms with Crippen LogP contribution in [0.3, 0.4) is 0 Å². The second-order valence-corrected chi connectivity index (χ2v) is 10.0. The van der Waals surface area contributed by atoms with Crippen molar-refractivity contribution in [3.8, 4) is 0 Å². The summed E-state index contributed by atoms with van der Waals surface area (Å²) in [7, 11) is -3.53. The van der Waals surface area contributed by atoms with Crippen LogP contribution in [-0.4, -0.2) is 54.7 Å². The number of carbonyl (C=O) groups is 1. The molecule has 166 valence electrons. The van der Waals surface area contributed by atoms with Crippen LogP contribution in [0, 0.1) is 0 Å². The number of amides is 1. The number of halogens is 1. The molecular formula is C20H29ClN4O3S2. The summed E-state index contributed by atoms with van der Waals surface area (Å²) in [5.41, 5.74) is 1.47. The quantitative estimate of drug-likeness (QED) is 0.634. The maximum absolute atomic E-state index is 12.6. The van der Waals surface area contributed by atoms with E-state index in [0.717, 1.165) is 38.2 Å². The first kappa shape index (κ1) is 24.7. The van der Waals surface area contributed by atoms with E-state index in [1.807, 2.05) is 0 Å². The lowest BCUT2D eigenvalue weighted by Gasteiger charge is -2.24. The van der Waals surface area contributed by atoms with Crippen molar-refractivity contribution in [2.75, 3.05) is 31.5 Å². The molecule has 1 aliphatic heterocycles. The van der Waals surface area contributed by atoms with Gasteiger partial charge in [-0.2, -0.15) is 4.31 Å². The smallest absolute Gasteiger partial charge is 0.257 e. The van der Waals surface area contributed by atoms with Crippen molar-refractivity contribution in [1.29, 1.82) is 0 Å². The molecule has 0 radical (unpaired) electrons. The molecule has 0 bridgehead atoms. The molecule has 0 fully saturated rings.